The minimum absolute atomic E-state index is 0.578. The smallest absolute Gasteiger partial charge is 0.101 e. The minimum Gasteiger partial charge on any atom is -0.309 e. The van der Waals surface area contributed by atoms with E-state index in [1.54, 1.807) is 0 Å². The SMILES string of the molecule is N#Cc1ccc(-n2c3ccc(C#N)cc3c3cc(-c4ccccc4-c4cccc5c6ccccc6n(-c6ccccc6)c45)ccc32)cc1.N#Cc1cccc(-n2c3ccc(C#N)cc3c3cc(-c4ccccc4-c4cccc5c6ccccc6n(-c6ccccc6)c45)ccc32)c1.N#Cc1cccc(-n2c3ccccc3c3cccc(-c4ccccc4-c4ccc5c(c4)c4cc(C#N)ccc4n5-c4ccccc4C#N)c32)c1. The molecular weight excluding hydrogens is 1780 g/mol. The molecule has 0 amide bonds. The zero-order valence-corrected chi connectivity index (χ0v) is 78.3. The van der Waals surface area contributed by atoms with Crippen LogP contribution in [0, 0.1) is 79.3 Å². The second-order valence-electron chi connectivity index (χ2n) is 36.3. The lowest BCUT2D eigenvalue weighted by molar-refractivity contribution is 1.17. The summed E-state index contributed by atoms with van der Waals surface area (Å²) in [5, 5.41) is 81.4. The number of aromatic nitrogens is 6. The van der Waals surface area contributed by atoms with Gasteiger partial charge in [-0.05, 0) is 256 Å². The summed E-state index contributed by atoms with van der Waals surface area (Å²) >= 11 is 0. The van der Waals surface area contributed by atoms with Crippen LogP contribution in [0.2, 0.25) is 0 Å². The maximum Gasteiger partial charge on any atom is 0.101 e. The van der Waals surface area contributed by atoms with Crippen molar-refractivity contribution in [3.05, 3.63) is 506 Å². The van der Waals surface area contributed by atoms with E-state index >= 15 is 0 Å². The van der Waals surface area contributed by atoms with Gasteiger partial charge in [0.15, 0.2) is 0 Å². The Labute approximate surface area is 838 Å². The molecule has 27 rings (SSSR count). The summed E-state index contributed by atoms with van der Waals surface area (Å²) < 4.78 is 13.5. The van der Waals surface area contributed by atoms with E-state index in [-0.39, 0.29) is 0 Å². The number of hydrogen-bond donors (Lipinski definition) is 0. The Kier molecular flexibility index (Phi) is 21.3. The third-order valence-electron chi connectivity index (χ3n) is 28.4. The van der Waals surface area contributed by atoms with Crippen LogP contribution in [0.15, 0.2) is 467 Å². The molecule has 0 spiro atoms. The predicted octanol–water partition coefficient (Wildman–Crippen LogP) is 32.7. The summed E-state index contributed by atoms with van der Waals surface area (Å²) in [4.78, 5) is 0. The number of hydrogen-bond acceptors (Lipinski definition) is 7. The molecule has 21 aromatic carbocycles. The van der Waals surface area contributed by atoms with Crippen molar-refractivity contribution in [2.24, 2.45) is 0 Å². The molecule has 27 aromatic rings. The minimum atomic E-state index is 0.578. The fourth-order valence-corrected chi connectivity index (χ4v) is 22.0. The topological polar surface area (TPSA) is 196 Å². The molecule has 0 fully saturated rings. The molecule has 6 heterocycles. The normalized spacial score (nSPS) is 11.2. The molecule has 0 unspecified atom stereocenters. The number of nitrogens with zero attached hydrogens (tertiary/aromatic N) is 13. The lowest BCUT2D eigenvalue weighted by Gasteiger charge is -2.15. The second-order valence-corrected chi connectivity index (χ2v) is 36.3. The van der Waals surface area contributed by atoms with Gasteiger partial charge in [0.1, 0.15) is 6.07 Å². The molecule has 13 heteroatoms. The summed E-state index contributed by atoms with van der Waals surface area (Å²) in [5.74, 6) is 0. The van der Waals surface area contributed by atoms with Crippen LogP contribution in [-0.4, -0.2) is 27.4 Å². The summed E-state index contributed by atoms with van der Waals surface area (Å²) in [6.07, 6.45) is 0. The highest BCUT2D eigenvalue weighted by Crippen LogP contribution is 2.49. The van der Waals surface area contributed by atoms with Crippen molar-refractivity contribution in [1.29, 1.82) is 36.8 Å². The average Bonchev–Trinajstić information content (AvgIpc) is 1.57. The van der Waals surface area contributed by atoms with Crippen LogP contribution in [0.3, 0.4) is 0 Å². The first-order chi connectivity index (χ1) is 72.1. The van der Waals surface area contributed by atoms with Gasteiger partial charge < -0.3 is 27.4 Å². The van der Waals surface area contributed by atoms with Crippen molar-refractivity contribution >= 4 is 131 Å². The van der Waals surface area contributed by atoms with E-state index in [4.69, 9.17) is 0 Å². The van der Waals surface area contributed by atoms with Crippen LogP contribution in [-0.2, 0) is 0 Å². The van der Waals surface area contributed by atoms with E-state index < -0.39 is 0 Å². The molecule has 0 N–H and O–H groups in total. The van der Waals surface area contributed by atoms with Crippen LogP contribution in [0.5, 0.6) is 0 Å². The second kappa shape index (κ2) is 36.0. The lowest BCUT2D eigenvalue weighted by Crippen LogP contribution is -1.97. The monoisotopic (exact) mass is 1860 g/mol. The van der Waals surface area contributed by atoms with Crippen molar-refractivity contribution < 1.29 is 0 Å². The van der Waals surface area contributed by atoms with Gasteiger partial charge in [0.2, 0.25) is 0 Å². The van der Waals surface area contributed by atoms with Crippen molar-refractivity contribution in [3.8, 4) is 143 Å². The van der Waals surface area contributed by atoms with Gasteiger partial charge in [-0.15, -0.1) is 0 Å². The molecule has 0 aliphatic rings. The Balaban J connectivity index is 0.000000114. The fourth-order valence-electron chi connectivity index (χ4n) is 22.0. The van der Waals surface area contributed by atoms with Gasteiger partial charge in [-0.25, -0.2) is 0 Å². The number of para-hydroxylation sites is 9. The number of benzene rings is 21. The third kappa shape index (κ3) is 14.4. The van der Waals surface area contributed by atoms with Crippen LogP contribution in [0.25, 0.3) is 232 Å². The predicted molar refractivity (Wildman–Crippen MR) is 591 cm³/mol. The highest BCUT2D eigenvalue weighted by Gasteiger charge is 2.27. The van der Waals surface area contributed by atoms with E-state index in [0.29, 0.717) is 38.9 Å². The summed E-state index contributed by atoms with van der Waals surface area (Å²) in [5.41, 5.74) is 36.2. The highest BCUT2D eigenvalue weighted by atomic mass is 15.0. The molecule has 0 saturated heterocycles. The summed E-state index contributed by atoms with van der Waals surface area (Å²) in [7, 11) is 0. The summed E-state index contributed by atoms with van der Waals surface area (Å²) in [6, 6.07) is 176. The molecule has 13 nitrogen and oxygen atoms in total. The molecule has 0 atom stereocenters. The molecule has 0 saturated carbocycles. The van der Waals surface area contributed by atoms with Crippen LogP contribution in [0.1, 0.15) is 38.9 Å². The number of rotatable bonds is 12. The largest absolute Gasteiger partial charge is 0.309 e. The van der Waals surface area contributed by atoms with Gasteiger partial charge in [0.25, 0.3) is 0 Å². The Bertz CT molecular complexity index is 10400. The Morgan fingerprint density at radius 3 is 0.767 bits per heavy atom. The van der Waals surface area contributed by atoms with Crippen LogP contribution in [0.4, 0.5) is 0 Å². The van der Waals surface area contributed by atoms with Gasteiger partial charge in [-0.2, -0.15) is 36.8 Å². The first-order valence-electron chi connectivity index (χ1n) is 48.1. The zero-order chi connectivity index (χ0) is 98.2. The third-order valence-corrected chi connectivity index (χ3v) is 28.4. The van der Waals surface area contributed by atoms with Gasteiger partial charge in [-0.3, -0.25) is 0 Å². The maximum atomic E-state index is 9.99. The van der Waals surface area contributed by atoms with E-state index in [1.807, 2.05) is 146 Å². The molecule has 146 heavy (non-hydrogen) atoms. The first-order valence-corrected chi connectivity index (χ1v) is 48.1. The lowest BCUT2D eigenvalue weighted by atomic mass is 9.92. The van der Waals surface area contributed by atoms with Gasteiger partial charge in [-0.1, -0.05) is 261 Å². The molecule has 0 radical (unpaired) electrons. The standard InChI is InChI=1S/C45H25N5.2C44H26N4/c46-26-29-9-7-11-33(23-29)49-42-18-6-4-14-36(42)38-16-8-15-37(45(38)49)35-13-3-2-12-34(35)31-20-22-44-40(25-31)39-24-30(27-47)19-21-43(39)50(44)41-17-5-1-10-32(41)28-48;45-27-29-10-8-13-33(24-29)47-42-22-20-30(28-46)25-39(42)40-26-31(21-23-43(40)47)34-14-4-5-15-35(34)37-17-9-18-38-36-16-6-7-19-41(36)48(44(37)38)32-11-2-1-3-12-32;45-27-29-17-21-33(22-18-29)47-42-23-19-30(28-46)25-39(42)40-26-31(20-24-43(40)47)34-11-4-5-12-35(34)37-14-8-15-38-36-13-6-7-16-41(36)48(44(37)38)32-9-2-1-3-10-32/h1-25H;2*1-26H. The molecule has 0 aliphatic heterocycles. The number of fused-ring (bicyclic) bond motifs is 18. The van der Waals surface area contributed by atoms with Crippen LogP contribution >= 0.6 is 0 Å². The van der Waals surface area contributed by atoms with E-state index in [1.165, 1.54) is 43.6 Å². The number of nitriles is 7. The van der Waals surface area contributed by atoms with Crippen molar-refractivity contribution in [2.45, 2.75) is 0 Å². The van der Waals surface area contributed by atoms with E-state index in [2.05, 4.69) is 391 Å². The first kappa shape index (κ1) is 86.4. The molecule has 0 aliphatic carbocycles. The van der Waals surface area contributed by atoms with Crippen molar-refractivity contribution in [3.63, 3.8) is 0 Å². The molecule has 674 valence electrons. The summed E-state index contributed by atoms with van der Waals surface area (Å²) in [6.45, 7) is 0. The van der Waals surface area contributed by atoms with Crippen molar-refractivity contribution in [2.75, 3.05) is 0 Å². The van der Waals surface area contributed by atoms with Gasteiger partial charge >= 0.3 is 0 Å². The van der Waals surface area contributed by atoms with Crippen LogP contribution < -0.4 is 0 Å². The van der Waals surface area contributed by atoms with E-state index in [0.717, 1.165) is 188 Å². The Hall–Kier alpha value is -21.1. The Morgan fingerprint density at radius 1 is 0.137 bits per heavy atom. The Morgan fingerprint density at radius 2 is 0.390 bits per heavy atom. The van der Waals surface area contributed by atoms with Gasteiger partial charge in [0, 0.05) is 110 Å². The van der Waals surface area contributed by atoms with Crippen molar-refractivity contribution in [1.82, 2.24) is 27.4 Å². The molecule has 6 aromatic heterocycles. The highest BCUT2D eigenvalue weighted by molar-refractivity contribution is 6.20. The zero-order valence-electron chi connectivity index (χ0n) is 78.3. The van der Waals surface area contributed by atoms with E-state index in [9.17, 15) is 36.8 Å². The maximum absolute atomic E-state index is 9.99. The fraction of sp³-hybridized carbons (Fsp3) is 0. The quantitative estimate of drug-likeness (QED) is 0.116. The van der Waals surface area contributed by atoms with Gasteiger partial charge in [0.05, 0.1) is 147 Å². The average molecular weight is 1860 g/mol. The molecular formula is C133H77N13. The molecule has 0 bridgehead atoms.